The molecule has 0 bridgehead atoms. The number of aromatic nitrogens is 3. The summed E-state index contributed by atoms with van der Waals surface area (Å²) in [7, 11) is 0.630. The molecule has 0 radical (unpaired) electrons. The number of halogens is 15. The maximum atomic E-state index is 10.2. The van der Waals surface area contributed by atoms with Gasteiger partial charge in [0.1, 0.15) is 70.3 Å². The number of aldehydes is 3. The summed E-state index contributed by atoms with van der Waals surface area (Å²) in [4.78, 5) is 78.0. The van der Waals surface area contributed by atoms with E-state index < -0.39 is 56.6 Å². The van der Waals surface area contributed by atoms with Crippen LogP contribution in [0.1, 0.15) is 37.7 Å². The second-order valence-electron chi connectivity index (χ2n) is 9.83. The van der Waals surface area contributed by atoms with E-state index in [-0.39, 0.29) is 105 Å². The molecule has 2 rings (SSSR count). The van der Waals surface area contributed by atoms with E-state index in [2.05, 4.69) is 183 Å². The molecule has 75 heavy (non-hydrogen) atoms. The quantitative estimate of drug-likeness (QED) is 0.0204. The Labute approximate surface area is 544 Å². The standard InChI is InChI=1S/C12H11NO3.C6H6N4O3.C5H8O4.C4H6O4.C4H8O2.C2H4O2.CH4.I15.O2S/c13-8-11(6-7-16-9-12(14)15)10-4-2-1-3-5-10;7-1-4-5(9-10-8-4)2-13-3-6(11)12;1-8-5(7)4-9-3-2-6;5-1-2-8-3-4(6)7;1-3-4(5)6-2;3-1-2-4;;1-9-11(4)13(6)15(8)14(7)12(5)10(2)3;1-3-2/h1-6H,7,9H2,(H,14,15);2-3H2,(H,11,12)(H,8,9,10);2H,3-4H2,1H3;1H,2-3H2,(H,6,7);3H2,1-2H3;1,4H,2H2;1H4;;/q;;;;;;;-1;/b11-6-;;;;;;;;. The number of nitriles is 2. The van der Waals surface area contributed by atoms with Crippen LogP contribution in [-0.2, 0) is 85.0 Å². The summed E-state index contributed by atoms with van der Waals surface area (Å²) in [5, 5.41) is 58.7. The van der Waals surface area contributed by atoms with Gasteiger partial charge in [0.2, 0.25) is 0 Å². The number of aliphatic hydroxyl groups is 1. The molecule has 0 saturated carbocycles. The number of carbonyl (C=O) groups excluding carboxylic acids is 5. The van der Waals surface area contributed by atoms with Crippen LogP contribution in [-0.4, -0.2) is 160 Å². The molecule has 0 saturated heterocycles. The van der Waals surface area contributed by atoms with Crippen molar-refractivity contribution in [2.75, 3.05) is 67.1 Å². The summed E-state index contributed by atoms with van der Waals surface area (Å²) in [6, 6.07) is 13.0. The van der Waals surface area contributed by atoms with Crippen molar-refractivity contribution in [1.82, 2.24) is 15.4 Å². The molecule has 1 aromatic heterocycles. The van der Waals surface area contributed by atoms with Crippen LogP contribution < -0.4 is 13.3 Å². The van der Waals surface area contributed by atoms with Gasteiger partial charge in [-0.25, -0.2) is 19.2 Å². The fourth-order valence-electron chi connectivity index (χ4n) is 2.54. The van der Waals surface area contributed by atoms with Gasteiger partial charge in [-0.2, -0.15) is 29.3 Å². The average Bonchev–Trinajstić information content (AvgIpc) is 3.86. The van der Waals surface area contributed by atoms with Gasteiger partial charge in [-0.05, 0) is 11.6 Å². The van der Waals surface area contributed by atoms with E-state index in [9.17, 15) is 33.6 Å². The van der Waals surface area contributed by atoms with Gasteiger partial charge in [-0.15, -0.1) is 5.10 Å². The summed E-state index contributed by atoms with van der Waals surface area (Å²) in [6.45, 7) is -0.0707. The van der Waals surface area contributed by atoms with E-state index in [0.29, 0.717) is 49.8 Å². The molecule has 0 aliphatic carbocycles. The first-order chi connectivity index (χ1) is 35.0. The molecule has 0 atom stereocenters. The van der Waals surface area contributed by atoms with Crippen LogP contribution in [0.3, 0.4) is 0 Å². The van der Waals surface area contributed by atoms with Crippen LogP contribution in [0.4, 0.5) is 0 Å². The predicted octanol–water partition coefficient (Wildman–Crippen LogP) is 8.75. The number of carboxylic acids is 3. The zero-order chi connectivity index (χ0) is 58.3. The zero-order valence-electron chi connectivity index (χ0n) is 37.5. The Morgan fingerprint density at radius 3 is 1.52 bits per heavy atom. The molecule has 2 aromatic rings. The van der Waals surface area contributed by atoms with Crippen molar-refractivity contribution in [3.63, 3.8) is 0 Å². The zero-order valence-corrected chi connectivity index (χ0v) is 70.6. The number of hydrogen-bond acceptors (Lipinski definition) is 21. The molecule has 0 spiro atoms. The van der Waals surface area contributed by atoms with E-state index in [1.165, 1.54) is 14.2 Å². The van der Waals surface area contributed by atoms with Crippen LogP contribution in [0.25, 0.3) is 5.57 Å². The number of nitrogens with one attached hydrogen (secondary N) is 1. The number of esters is 2. The van der Waals surface area contributed by atoms with Crippen molar-refractivity contribution in [2.45, 2.75) is 27.4 Å². The number of benzene rings is 1. The second kappa shape index (κ2) is 70.5. The minimum atomic E-state index is -1.07. The molecule has 0 unspecified atom stereocenters. The number of carboxylic acid groups (broad SMARTS) is 3. The van der Waals surface area contributed by atoms with Gasteiger partial charge >= 0.3 is 251 Å². The second-order valence-corrected chi connectivity index (χ2v) is 319. The Bertz CT molecular complexity index is 1990. The first-order valence-electron chi connectivity index (χ1n) is 17.6. The van der Waals surface area contributed by atoms with E-state index in [4.69, 9.17) is 53.6 Å². The molecule has 0 fully saturated rings. The maximum Gasteiger partial charge on any atom is 0.335 e. The molecular weight excluding hydrogens is 2730 g/mol. The molecule has 0 amide bonds. The predicted molar refractivity (Wildman–Crippen MR) is 398 cm³/mol. The van der Waals surface area contributed by atoms with Crippen molar-refractivity contribution in [2.24, 2.45) is 0 Å². The molecule has 1 aromatic carbocycles. The smallest absolute Gasteiger partial charge is 0.335 e. The van der Waals surface area contributed by atoms with Crippen molar-refractivity contribution in [1.29, 1.82) is 10.5 Å². The van der Waals surface area contributed by atoms with E-state index >= 15 is 0 Å². The monoisotopic (exact) mass is 2780 g/mol. The van der Waals surface area contributed by atoms with E-state index in [1.54, 1.807) is 19.1 Å². The van der Waals surface area contributed by atoms with Crippen LogP contribution in [0.2, 0.25) is 0 Å². The fraction of sp³-hybridized carbons (Fsp3) is 0.412. The normalized spacial score (nSPS) is 10.4. The molecule has 0 aliphatic rings. The first kappa shape index (κ1) is 92.7. The Kier molecular flexibility index (Phi) is 87.2. The first-order valence-corrected chi connectivity index (χ1v) is 106. The number of aliphatic hydroxyl groups excluding tert-OH is 1. The number of methoxy groups -OCH3 is 2. The number of ether oxygens (including phenoxy) is 6. The van der Waals surface area contributed by atoms with E-state index in [1.807, 2.05) is 36.4 Å². The van der Waals surface area contributed by atoms with Gasteiger partial charge in [-0.1, -0.05) is 44.7 Å². The van der Waals surface area contributed by atoms with Gasteiger partial charge in [0.25, 0.3) is 0 Å². The van der Waals surface area contributed by atoms with Gasteiger partial charge in [0, 0.05) is 6.42 Å². The summed E-state index contributed by atoms with van der Waals surface area (Å²) in [6.07, 6.45) is 3.54. The van der Waals surface area contributed by atoms with Crippen molar-refractivity contribution in [3.8, 4) is 12.1 Å². The van der Waals surface area contributed by atoms with E-state index in [0.717, 1.165) is 5.56 Å². The number of allylic oxidation sites excluding steroid dienone is 1. The number of nitrogens with zero attached hydrogens (tertiary/aromatic N) is 4. The number of H-pyrrole nitrogens is 1. The van der Waals surface area contributed by atoms with Gasteiger partial charge < -0.3 is 63.2 Å². The minimum absolute atomic E-state index is 0. The number of aromatic amines is 1. The molecular formula is C34H47I15N5O20S-. The van der Waals surface area contributed by atoms with Crippen molar-refractivity contribution in [3.05, 3.63) is 53.4 Å². The maximum absolute atomic E-state index is 10.2. The Morgan fingerprint density at radius 2 is 1.16 bits per heavy atom. The number of carbonyl (C=O) groups is 8. The largest absolute Gasteiger partial charge is 0.480 e. The molecule has 25 nitrogen and oxygen atoms in total. The number of aliphatic carboxylic acids is 3. The van der Waals surface area contributed by atoms with Crippen LogP contribution in [0.5, 0.6) is 0 Å². The Balaban J connectivity index is -0.000000147. The summed E-state index contributed by atoms with van der Waals surface area (Å²) in [5.74, 6) is -3.78. The van der Waals surface area contributed by atoms with Gasteiger partial charge in [0.05, 0.1) is 45.7 Å². The van der Waals surface area contributed by atoms with Crippen molar-refractivity contribution < 1.29 is 109 Å². The topological polar surface area (TPSA) is 396 Å². The molecule has 1 heterocycles. The summed E-state index contributed by atoms with van der Waals surface area (Å²) in [5.41, 5.74) is 1.70. The third kappa shape index (κ3) is 67.0. The number of hydrogen-bond donors (Lipinski definition) is 5. The fourth-order valence-corrected chi connectivity index (χ4v) is 1890. The summed E-state index contributed by atoms with van der Waals surface area (Å²) >= 11 is 23.5. The Hall–Kier alpha value is 4.01. The molecule has 0 aliphatic heterocycles. The third-order valence-corrected chi connectivity index (χ3v) is 914. The van der Waals surface area contributed by atoms with Crippen molar-refractivity contribution >= 4 is 262 Å². The number of rotatable bonds is 25. The van der Waals surface area contributed by atoms with Crippen LogP contribution in [0.15, 0.2) is 36.4 Å². The van der Waals surface area contributed by atoms with Crippen LogP contribution in [0, 0.1) is 22.7 Å². The third-order valence-electron chi connectivity index (χ3n) is 5.11. The summed E-state index contributed by atoms with van der Waals surface area (Å²) < 4.78 is 43.4. The molecule has 41 heteroatoms. The Morgan fingerprint density at radius 1 is 0.720 bits per heavy atom. The SMILES string of the molecule is C.CCC(=O)OC.COC(=O)COCC=O.I[I-]I(I)I(I)I(I)I(I)I(I)I(I)I.N#C/C(=C/COCC(=O)O)c1ccccc1.N#Cc1n[nH]nc1COCC(=O)O.O=CCO.O=CCOCC(=O)O.O=S=O. The average molecular weight is 2780 g/mol. The van der Waals surface area contributed by atoms with Crippen LogP contribution >= 0.6 is 196 Å². The molecule has 440 valence electrons. The van der Waals surface area contributed by atoms with Gasteiger partial charge in [0.15, 0.2) is 5.69 Å². The molecule has 5 N–H and O–H groups in total. The van der Waals surface area contributed by atoms with Gasteiger partial charge in [-0.3, -0.25) is 4.79 Å². The minimum Gasteiger partial charge on any atom is -0.480 e.